The predicted molar refractivity (Wildman–Crippen MR) is 113 cm³/mol. The van der Waals surface area contributed by atoms with Gasteiger partial charge in [-0.15, -0.1) is 0 Å². The minimum atomic E-state index is -0.353. The van der Waals surface area contributed by atoms with E-state index in [0.29, 0.717) is 18.7 Å². The van der Waals surface area contributed by atoms with Crippen LogP contribution in [0.5, 0.6) is 5.75 Å². The fourth-order valence-corrected chi connectivity index (χ4v) is 3.70. The Morgan fingerprint density at radius 3 is 2.70 bits per heavy atom. The summed E-state index contributed by atoms with van der Waals surface area (Å²) in [5.74, 6) is 0.536. The van der Waals surface area contributed by atoms with Crippen molar-refractivity contribution in [1.82, 2.24) is 0 Å². The van der Waals surface area contributed by atoms with Gasteiger partial charge in [-0.2, -0.15) is 0 Å². The fraction of sp³-hybridized carbons (Fsp3) is 0.227. The van der Waals surface area contributed by atoms with Crippen LogP contribution in [-0.2, 0) is 4.74 Å². The molecule has 140 valence electrons. The maximum atomic E-state index is 12.0. The van der Waals surface area contributed by atoms with Gasteiger partial charge in [0.15, 0.2) is 0 Å². The Morgan fingerprint density at radius 2 is 1.89 bits per heavy atom. The summed E-state index contributed by atoms with van der Waals surface area (Å²) < 4.78 is 11.7. The van der Waals surface area contributed by atoms with Crippen molar-refractivity contribution in [3.05, 3.63) is 70.2 Å². The lowest BCUT2D eigenvalue weighted by Crippen LogP contribution is -2.12. The van der Waals surface area contributed by atoms with Crippen molar-refractivity contribution >= 4 is 38.4 Å². The molecule has 0 aromatic heterocycles. The van der Waals surface area contributed by atoms with E-state index in [-0.39, 0.29) is 5.97 Å². The lowest BCUT2D eigenvalue weighted by Gasteiger charge is -2.14. The van der Waals surface area contributed by atoms with Crippen molar-refractivity contribution in [1.29, 1.82) is 0 Å². The molecule has 3 aromatic rings. The molecule has 0 atom stereocenters. The second-order valence-corrected chi connectivity index (χ2v) is 7.12. The minimum Gasteiger partial charge on any atom is -0.493 e. The number of methoxy groups -OCH3 is 1. The van der Waals surface area contributed by atoms with Crippen molar-refractivity contribution < 1.29 is 14.3 Å². The Kier molecular flexibility index (Phi) is 6.35. The fourth-order valence-electron chi connectivity index (χ4n) is 2.98. The second kappa shape index (κ2) is 8.91. The number of carbonyl (C=O) groups is 1. The van der Waals surface area contributed by atoms with E-state index < -0.39 is 0 Å². The molecule has 5 heteroatoms. The Morgan fingerprint density at radius 1 is 1.11 bits per heavy atom. The summed E-state index contributed by atoms with van der Waals surface area (Å²) in [4.78, 5) is 12.0. The van der Waals surface area contributed by atoms with Gasteiger partial charge in [0.2, 0.25) is 0 Å². The number of aryl methyl sites for hydroxylation is 1. The van der Waals surface area contributed by atoms with Crippen LogP contribution in [0.15, 0.2) is 59.1 Å². The van der Waals surface area contributed by atoms with E-state index in [2.05, 4.69) is 39.4 Å². The molecule has 0 unspecified atom stereocenters. The van der Waals surface area contributed by atoms with E-state index in [1.807, 2.05) is 43.3 Å². The molecule has 0 aliphatic rings. The first kappa shape index (κ1) is 19.2. The van der Waals surface area contributed by atoms with Crippen LogP contribution in [0, 0.1) is 6.92 Å². The van der Waals surface area contributed by atoms with Crippen molar-refractivity contribution in [3.8, 4) is 5.75 Å². The van der Waals surface area contributed by atoms with Gasteiger partial charge in [-0.25, -0.2) is 4.79 Å². The number of hydrogen-bond donors (Lipinski definition) is 1. The summed E-state index contributed by atoms with van der Waals surface area (Å²) in [6, 6.07) is 18.0. The molecule has 0 saturated heterocycles. The van der Waals surface area contributed by atoms with Gasteiger partial charge < -0.3 is 14.8 Å². The molecule has 1 N–H and O–H groups in total. The highest BCUT2D eigenvalue weighted by molar-refractivity contribution is 9.10. The number of nitrogens with one attached hydrogen (secondary N) is 1. The number of benzene rings is 3. The molecule has 3 rings (SSSR count). The van der Waals surface area contributed by atoms with Gasteiger partial charge >= 0.3 is 5.97 Å². The molecule has 0 spiro atoms. The van der Waals surface area contributed by atoms with Gasteiger partial charge in [-0.3, -0.25) is 0 Å². The zero-order chi connectivity index (χ0) is 19.2. The van der Waals surface area contributed by atoms with E-state index >= 15 is 0 Å². The average Bonchev–Trinajstić information content (AvgIpc) is 2.68. The second-order valence-electron chi connectivity index (χ2n) is 6.27. The van der Waals surface area contributed by atoms with Crippen molar-refractivity contribution in [2.75, 3.05) is 25.6 Å². The number of carbonyl (C=O) groups excluding carboxylic acids is 1. The third-order valence-corrected chi connectivity index (χ3v) is 4.90. The molecule has 0 bridgehead atoms. The number of anilines is 1. The van der Waals surface area contributed by atoms with Gasteiger partial charge in [0.25, 0.3) is 0 Å². The Balaban J connectivity index is 1.60. The monoisotopic (exact) mass is 427 g/mol. The summed E-state index contributed by atoms with van der Waals surface area (Å²) >= 11 is 3.53. The van der Waals surface area contributed by atoms with E-state index in [0.717, 1.165) is 33.3 Å². The van der Waals surface area contributed by atoms with Crippen LogP contribution in [0.25, 0.3) is 10.8 Å². The summed E-state index contributed by atoms with van der Waals surface area (Å²) in [5.41, 5.74) is 2.27. The van der Waals surface area contributed by atoms with Crippen molar-refractivity contribution in [2.45, 2.75) is 13.3 Å². The standard InChI is InChI=1S/C22H22BrNO3/c1-15-13-18(22(25)26-2)21(19(23)14-15)24-11-6-12-27-20-10-5-8-16-7-3-4-9-17(16)20/h3-5,7-10,13-14,24H,6,11-12H2,1-2H3. The number of halogens is 1. The molecule has 0 amide bonds. The van der Waals surface area contributed by atoms with E-state index in [1.54, 1.807) is 0 Å². The molecule has 0 aliphatic carbocycles. The largest absolute Gasteiger partial charge is 0.493 e. The molecule has 0 fully saturated rings. The van der Waals surface area contributed by atoms with Gasteiger partial charge in [-0.1, -0.05) is 36.4 Å². The zero-order valence-corrected chi connectivity index (χ0v) is 17.0. The topological polar surface area (TPSA) is 47.6 Å². The maximum Gasteiger partial charge on any atom is 0.340 e. The highest BCUT2D eigenvalue weighted by atomic mass is 79.9. The van der Waals surface area contributed by atoms with Crippen LogP contribution >= 0.6 is 15.9 Å². The number of hydrogen-bond acceptors (Lipinski definition) is 4. The highest BCUT2D eigenvalue weighted by Gasteiger charge is 2.15. The minimum absolute atomic E-state index is 0.353. The molecular formula is C22H22BrNO3. The summed E-state index contributed by atoms with van der Waals surface area (Å²) in [7, 11) is 1.39. The van der Waals surface area contributed by atoms with Crippen LogP contribution in [0.1, 0.15) is 22.3 Å². The maximum absolute atomic E-state index is 12.0. The van der Waals surface area contributed by atoms with E-state index in [9.17, 15) is 4.79 Å². The number of rotatable bonds is 7. The lowest BCUT2D eigenvalue weighted by atomic mass is 10.1. The molecule has 27 heavy (non-hydrogen) atoms. The predicted octanol–water partition coefficient (Wildman–Crippen LogP) is 5.58. The van der Waals surface area contributed by atoms with Crippen LogP contribution in [0.2, 0.25) is 0 Å². The van der Waals surface area contributed by atoms with Crippen molar-refractivity contribution in [2.24, 2.45) is 0 Å². The summed E-state index contributed by atoms with van der Waals surface area (Å²) in [6.45, 7) is 3.20. The van der Waals surface area contributed by atoms with Crippen molar-refractivity contribution in [3.63, 3.8) is 0 Å². The van der Waals surface area contributed by atoms with Gasteiger partial charge in [0, 0.05) is 16.4 Å². The molecule has 0 heterocycles. The number of esters is 1. The quantitative estimate of drug-likeness (QED) is 0.394. The molecule has 0 aliphatic heterocycles. The first-order valence-corrected chi connectivity index (χ1v) is 9.62. The van der Waals surface area contributed by atoms with Crippen LogP contribution in [0.4, 0.5) is 5.69 Å². The first-order chi connectivity index (χ1) is 13.1. The number of fused-ring (bicyclic) bond motifs is 1. The highest BCUT2D eigenvalue weighted by Crippen LogP contribution is 2.29. The lowest BCUT2D eigenvalue weighted by molar-refractivity contribution is 0.0601. The van der Waals surface area contributed by atoms with Crippen LogP contribution in [0.3, 0.4) is 0 Å². The average molecular weight is 428 g/mol. The van der Waals surface area contributed by atoms with Crippen LogP contribution in [-0.4, -0.2) is 26.2 Å². The van der Waals surface area contributed by atoms with Gasteiger partial charge in [0.1, 0.15) is 5.75 Å². The Hall–Kier alpha value is -2.53. The normalized spacial score (nSPS) is 10.6. The Bertz CT molecular complexity index is 950. The zero-order valence-electron chi connectivity index (χ0n) is 15.4. The SMILES string of the molecule is COC(=O)c1cc(C)cc(Br)c1NCCCOc1cccc2ccccc12. The smallest absolute Gasteiger partial charge is 0.340 e. The van der Waals surface area contributed by atoms with E-state index in [4.69, 9.17) is 9.47 Å². The van der Waals surface area contributed by atoms with E-state index in [1.165, 1.54) is 12.5 Å². The molecule has 4 nitrogen and oxygen atoms in total. The first-order valence-electron chi connectivity index (χ1n) is 8.83. The van der Waals surface area contributed by atoms with Crippen LogP contribution < -0.4 is 10.1 Å². The third kappa shape index (κ3) is 4.61. The molecule has 3 aromatic carbocycles. The molecule has 0 radical (unpaired) electrons. The molecular weight excluding hydrogens is 406 g/mol. The Labute approximate surface area is 167 Å². The van der Waals surface area contributed by atoms with Gasteiger partial charge in [0.05, 0.1) is 25.0 Å². The summed E-state index contributed by atoms with van der Waals surface area (Å²) in [6.07, 6.45) is 0.796. The van der Waals surface area contributed by atoms with Gasteiger partial charge in [-0.05, 0) is 58.4 Å². The molecule has 0 saturated carbocycles. The number of ether oxygens (including phenoxy) is 2. The third-order valence-electron chi connectivity index (χ3n) is 4.27. The summed E-state index contributed by atoms with van der Waals surface area (Å²) in [5, 5.41) is 5.60.